The molecule has 2 aromatic heterocycles. The number of fused-ring (bicyclic) bond motifs is 1. The second-order valence-electron chi connectivity index (χ2n) is 6.43. The highest BCUT2D eigenvalue weighted by molar-refractivity contribution is 6.04. The quantitative estimate of drug-likeness (QED) is 0.767. The number of anilines is 2. The van der Waals surface area contributed by atoms with Crippen molar-refractivity contribution in [2.24, 2.45) is 0 Å². The number of pyridine rings is 1. The Morgan fingerprint density at radius 1 is 1.08 bits per heavy atom. The summed E-state index contributed by atoms with van der Waals surface area (Å²) < 4.78 is 0. The second kappa shape index (κ2) is 6.93. The highest BCUT2D eigenvalue weighted by atomic mass is 16.1. The lowest BCUT2D eigenvalue weighted by molar-refractivity contribution is 0.102. The van der Waals surface area contributed by atoms with Crippen LogP contribution in [0.4, 0.5) is 11.4 Å². The number of carbonyl (C=O) groups is 1. The summed E-state index contributed by atoms with van der Waals surface area (Å²) in [6.07, 6.45) is 8.44. The van der Waals surface area contributed by atoms with Crippen molar-refractivity contribution >= 4 is 28.2 Å². The van der Waals surface area contributed by atoms with E-state index in [4.69, 9.17) is 0 Å². The zero-order chi connectivity index (χ0) is 17.1. The maximum Gasteiger partial charge on any atom is 0.274 e. The number of nitrogens with one attached hydrogen (secondary N) is 2. The smallest absolute Gasteiger partial charge is 0.274 e. The van der Waals surface area contributed by atoms with Crippen LogP contribution in [-0.4, -0.2) is 34.2 Å². The number of H-pyrrole nitrogens is 1. The van der Waals surface area contributed by atoms with Gasteiger partial charge in [-0.1, -0.05) is 12.8 Å². The molecule has 0 saturated carbocycles. The molecule has 1 aromatic carbocycles. The molecule has 6 heteroatoms. The number of hydrogen-bond acceptors (Lipinski definition) is 4. The fourth-order valence-electron chi connectivity index (χ4n) is 3.28. The van der Waals surface area contributed by atoms with E-state index >= 15 is 0 Å². The first-order chi connectivity index (χ1) is 12.3. The Hall–Kier alpha value is -2.89. The van der Waals surface area contributed by atoms with Crippen molar-refractivity contribution in [2.45, 2.75) is 25.7 Å². The summed E-state index contributed by atoms with van der Waals surface area (Å²) in [5.74, 6) is -0.199. The lowest BCUT2D eigenvalue weighted by Crippen LogP contribution is -2.24. The molecule has 1 aliphatic heterocycles. The molecule has 0 radical (unpaired) electrons. The van der Waals surface area contributed by atoms with Gasteiger partial charge in [0.05, 0.1) is 11.7 Å². The van der Waals surface area contributed by atoms with Gasteiger partial charge in [-0.05, 0) is 43.2 Å². The van der Waals surface area contributed by atoms with Gasteiger partial charge in [-0.3, -0.25) is 14.9 Å². The number of aromatic amines is 1. The highest BCUT2D eigenvalue weighted by Crippen LogP contribution is 2.21. The summed E-state index contributed by atoms with van der Waals surface area (Å²) in [7, 11) is 0. The third-order valence-electron chi connectivity index (χ3n) is 4.65. The minimum Gasteiger partial charge on any atom is -0.371 e. The average Bonchev–Trinajstić information content (AvgIpc) is 2.93. The van der Waals surface area contributed by atoms with Crippen molar-refractivity contribution in [3.05, 3.63) is 48.4 Å². The standard InChI is InChI=1S/C19H21N5O/c25-19(22-15-6-5-14-13-21-23-17(14)11-15)18-12-16(7-8-20-18)24-9-3-1-2-4-10-24/h5-8,11-13H,1-4,9-10H2,(H,21,23)(H,22,25). The van der Waals surface area contributed by atoms with E-state index in [-0.39, 0.29) is 5.91 Å². The largest absolute Gasteiger partial charge is 0.371 e. The molecule has 0 spiro atoms. The van der Waals surface area contributed by atoms with Crippen LogP contribution in [0.25, 0.3) is 10.9 Å². The zero-order valence-corrected chi connectivity index (χ0v) is 14.0. The van der Waals surface area contributed by atoms with Crippen LogP contribution >= 0.6 is 0 Å². The fourth-order valence-corrected chi connectivity index (χ4v) is 3.28. The molecule has 6 nitrogen and oxygen atoms in total. The monoisotopic (exact) mass is 335 g/mol. The molecule has 0 bridgehead atoms. The van der Waals surface area contributed by atoms with E-state index in [2.05, 4.69) is 25.4 Å². The third-order valence-corrected chi connectivity index (χ3v) is 4.65. The lowest BCUT2D eigenvalue weighted by atomic mass is 10.2. The first kappa shape index (κ1) is 15.6. The fraction of sp³-hybridized carbons (Fsp3) is 0.316. The summed E-state index contributed by atoms with van der Waals surface area (Å²) in [5, 5.41) is 10.8. The normalized spacial score (nSPS) is 15.1. The molecule has 1 saturated heterocycles. The number of nitrogens with zero attached hydrogens (tertiary/aromatic N) is 3. The van der Waals surface area contributed by atoms with E-state index in [1.807, 2.05) is 30.3 Å². The summed E-state index contributed by atoms with van der Waals surface area (Å²) >= 11 is 0. The van der Waals surface area contributed by atoms with Crippen LogP contribution in [0.2, 0.25) is 0 Å². The maximum absolute atomic E-state index is 12.6. The minimum absolute atomic E-state index is 0.199. The van der Waals surface area contributed by atoms with E-state index in [1.165, 1.54) is 25.7 Å². The Morgan fingerprint density at radius 3 is 2.76 bits per heavy atom. The summed E-state index contributed by atoms with van der Waals surface area (Å²) in [6.45, 7) is 2.09. The number of hydrogen-bond donors (Lipinski definition) is 2. The van der Waals surface area contributed by atoms with Gasteiger partial charge in [-0.25, -0.2) is 0 Å². The number of rotatable bonds is 3. The molecule has 1 amide bonds. The van der Waals surface area contributed by atoms with Crippen LogP contribution < -0.4 is 10.2 Å². The van der Waals surface area contributed by atoms with Gasteiger partial charge in [0.1, 0.15) is 5.69 Å². The van der Waals surface area contributed by atoms with Gasteiger partial charge in [0.25, 0.3) is 5.91 Å². The molecule has 4 rings (SSSR count). The van der Waals surface area contributed by atoms with Gasteiger partial charge in [-0.2, -0.15) is 5.10 Å². The Kier molecular flexibility index (Phi) is 4.33. The first-order valence-electron chi connectivity index (χ1n) is 8.75. The summed E-state index contributed by atoms with van der Waals surface area (Å²) in [4.78, 5) is 19.2. The molecule has 0 unspecified atom stereocenters. The maximum atomic E-state index is 12.6. The topological polar surface area (TPSA) is 73.9 Å². The van der Waals surface area contributed by atoms with Gasteiger partial charge in [0, 0.05) is 36.0 Å². The Morgan fingerprint density at radius 2 is 1.92 bits per heavy atom. The van der Waals surface area contributed by atoms with E-state index in [0.29, 0.717) is 5.69 Å². The predicted molar refractivity (Wildman–Crippen MR) is 99.0 cm³/mol. The molecule has 3 heterocycles. The van der Waals surface area contributed by atoms with Gasteiger partial charge < -0.3 is 10.2 Å². The third kappa shape index (κ3) is 3.47. The molecule has 0 atom stereocenters. The zero-order valence-electron chi connectivity index (χ0n) is 14.0. The van der Waals surface area contributed by atoms with Crippen LogP contribution in [0.5, 0.6) is 0 Å². The first-order valence-corrected chi connectivity index (χ1v) is 8.75. The van der Waals surface area contributed by atoms with Gasteiger partial charge in [0.15, 0.2) is 0 Å². The predicted octanol–water partition coefficient (Wildman–Crippen LogP) is 3.59. The average molecular weight is 335 g/mol. The van der Waals surface area contributed by atoms with Crippen molar-refractivity contribution in [1.29, 1.82) is 0 Å². The summed E-state index contributed by atoms with van der Waals surface area (Å²) in [6, 6.07) is 9.54. The van der Waals surface area contributed by atoms with Crippen LogP contribution in [0.15, 0.2) is 42.7 Å². The molecule has 25 heavy (non-hydrogen) atoms. The highest BCUT2D eigenvalue weighted by Gasteiger charge is 2.14. The second-order valence-corrected chi connectivity index (χ2v) is 6.43. The number of carbonyl (C=O) groups excluding carboxylic acids is 1. The van der Waals surface area contributed by atoms with E-state index in [1.54, 1.807) is 12.4 Å². The van der Waals surface area contributed by atoms with Crippen molar-refractivity contribution in [2.75, 3.05) is 23.3 Å². The number of aromatic nitrogens is 3. The molecule has 128 valence electrons. The van der Waals surface area contributed by atoms with Crippen LogP contribution in [0.1, 0.15) is 36.2 Å². The van der Waals surface area contributed by atoms with Crippen LogP contribution in [0.3, 0.4) is 0 Å². The molecule has 3 aromatic rings. The van der Waals surface area contributed by atoms with Crippen molar-refractivity contribution < 1.29 is 4.79 Å². The van der Waals surface area contributed by atoms with E-state index in [0.717, 1.165) is 35.4 Å². The van der Waals surface area contributed by atoms with Gasteiger partial charge in [0.2, 0.25) is 0 Å². The van der Waals surface area contributed by atoms with E-state index in [9.17, 15) is 4.79 Å². The van der Waals surface area contributed by atoms with Gasteiger partial charge >= 0.3 is 0 Å². The molecule has 1 aliphatic rings. The summed E-state index contributed by atoms with van der Waals surface area (Å²) in [5.41, 5.74) is 3.13. The molecule has 0 aliphatic carbocycles. The molecule has 1 fully saturated rings. The van der Waals surface area contributed by atoms with E-state index < -0.39 is 0 Å². The van der Waals surface area contributed by atoms with Crippen LogP contribution in [-0.2, 0) is 0 Å². The Balaban J connectivity index is 1.52. The lowest BCUT2D eigenvalue weighted by Gasteiger charge is -2.22. The van der Waals surface area contributed by atoms with Crippen LogP contribution in [0, 0.1) is 0 Å². The molecular weight excluding hydrogens is 314 g/mol. The van der Waals surface area contributed by atoms with Crippen molar-refractivity contribution in [3.8, 4) is 0 Å². The minimum atomic E-state index is -0.199. The van der Waals surface area contributed by atoms with Crippen molar-refractivity contribution in [1.82, 2.24) is 15.2 Å². The SMILES string of the molecule is O=C(Nc1ccc2cn[nH]c2c1)c1cc(N2CCCCCC2)ccn1. The van der Waals surface area contributed by atoms with Crippen molar-refractivity contribution in [3.63, 3.8) is 0 Å². The Bertz CT molecular complexity index is 880. The molecule has 2 N–H and O–H groups in total. The Labute approximate surface area is 146 Å². The van der Waals surface area contributed by atoms with Gasteiger partial charge in [-0.15, -0.1) is 0 Å². The number of benzene rings is 1. The molecular formula is C19H21N5O. The number of amides is 1.